The van der Waals surface area contributed by atoms with Crippen LogP contribution < -0.4 is 16.0 Å². The van der Waals surface area contributed by atoms with Crippen LogP contribution in [0.25, 0.3) is 5.52 Å². The second-order valence-corrected chi connectivity index (χ2v) is 6.15. The molecular formula is C17H21N7O. The summed E-state index contributed by atoms with van der Waals surface area (Å²) in [4.78, 5) is 10.4. The van der Waals surface area contributed by atoms with Gasteiger partial charge in [-0.05, 0) is 24.3 Å². The lowest BCUT2D eigenvalue weighted by Crippen LogP contribution is -2.39. The fourth-order valence-corrected chi connectivity index (χ4v) is 3.25. The number of pyridine rings is 1. The fraction of sp³-hybridized carbons (Fsp3) is 0.353. The number of nitrogens with zero attached hydrogens (tertiary/aromatic N) is 5. The number of methoxy groups -OCH3 is 1. The van der Waals surface area contributed by atoms with Gasteiger partial charge in [0.25, 0.3) is 0 Å². The van der Waals surface area contributed by atoms with Crippen LogP contribution in [0, 0.1) is 0 Å². The van der Waals surface area contributed by atoms with Crippen molar-refractivity contribution < 1.29 is 4.74 Å². The van der Waals surface area contributed by atoms with Crippen LogP contribution in [-0.4, -0.2) is 51.9 Å². The van der Waals surface area contributed by atoms with Crippen molar-refractivity contribution in [2.45, 2.75) is 18.7 Å². The molecule has 0 saturated carbocycles. The van der Waals surface area contributed by atoms with Crippen molar-refractivity contribution in [2.75, 3.05) is 30.8 Å². The largest absolute Gasteiger partial charge is 0.378 e. The summed E-state index contributed by atoms with van der Waals surface area (Å²) >= 11 is 0. The molecule has 0 aliphatic carbocycles. The van der Waals surface area contributed by atoms with Gasteiger partial charge in [-0.25, -0.2) is 9.50 Å². The van der Waals surface area contributed by atoms with Crippen molar-refractivity contribution in [1.82, 2.24) is 24.9 Å². The van der Waals surface area contributed by atoms with Crippen molar-refractivity contribution in [3.8, 4) is 0 Å². The topological polar surface area (TPSA) is 93.6 Å². The Kier molecular flexibility index (Phi) is 4.21. The summed E-state index contributed by atoms with van der Waals surface area (Å²) in [5, 5.41) is 8.13. The van der Waals surface area contributed by atoms with Crippen molar-refractivity contribution in [3.05, 3.63) is 48.4 Å². The van der Waals surface area contributed by atoms with Gasteiger partial charge in [-0.1, -0.05) is 6.07 Å². The lowest BCUT2D eigenvalue weighted by Gasteiger charge is -2.17. The SMILES string of the molecule is CO[C@@H]1CN(c2ccnc(N)n2)C[C@@H]1NCc1cc2ccccn2n1. The van der Waals surface area contributed by atoms with Crippen LogP contribution in [0.4, 0.5) is 11.8 Å². The van der Waals surface area contributed by atoms with Crippen LogP contribution in [0.5, 0.6) is 0 Å². The van der Waals surface area contributed by atoms with Crippen LogP contribution in [-0.2, 0) is 11.3 Å². The van der Waals surface area contributed by atoms with Crippen molar-refractivity contribution in [2.24, 2.45) is 0 Å². The number of hydrogen-bond donors (Lipinski definition) is 2. The molecule has 4 heterocycles. The highest BCUT2D eigenvalue weighted by atomic mass is 16.5. The van der Waals surface area contributed by atoms with E-state index < -0.39 is 0 Å². The fourth-order valence-electron chi connectivity index (χ4n) is 3.25. The van der Waals surface area contributed by atoms with Crippen LogP contribution >= 0.6 is 0 Å². The molecule has 0 bridgehead atoms. The van der Waals surface area contributed by atoms with Gasteiger partial charge in [-0.2, -0.15) is 10.1 Å². The molecule has 1 saturated heterocycles. The molecule has 0 aromatic carbocycles. The zero-order valence-corrected chi connectivity index (χ0v) is 14.0. The molecule has 3 aromatic heterocycles. The molecule has 1 fully saturated rings. The first-order valence-corrected chi connectivity index (χ1v) is 8.26. The molecular weight excluding hydrogens is 318 g/mol. The van der Waals surface area contributed by atoms with Gasteiger partial charge in [0.1, 0.15) is 5.82 Å². The number of rotatable bonds is 5. The maximum absolute atomic E-state index is 5.69. The van der Waals surface area contributed by atoms with E-state index in [2.05, 4.69) is 31.3 Å². The Hall–Kier alpha value is -2.71. The lowest BCUT2D eigenvalue weighted by atomic mass is 10.2. The van der Waals surface area contributed by atoms with Gasteiger partial charge in [0.2, 0.25) is 5.95 Å². The minimum atomic E-state index is 0.0771. The van der Waals surface area contributed by atoms with Crippen molar-refractivity contribution in [3.63, 3.8) is 0 Å². The van der Waals surface area contributed by atoms with Crippen molar-refractivity contribution in [1.29, 1.82) is 0 Å². The average Bonchev–Trinajstić information content (AvgIpc) is 3.23. The summed E-state index contributed by atoms with van der Waals surface area (Å²) < 4.78 is 7.53. The smallest absolute Gasteiger partial charge is 0.221 e. The number of anilines is 2. The molecule has 1 aliphatic heterocycles. The Labute approximate surface area is 145 Å². The van der Waals surface area contributed by atoms with Crippen LogP contribution in [0.3, 0.4) is 0 Å². The average molecular weight is 339 g/mol. The molecule has 0 amide bonds. The van der Waals surface area contributed by atoms with Gasteiger partial charge in [-0.3, -0.25) is 0 Å². The van der Waals surface area contributed by atoms with E-state index in [1.165, 1.54) is 0 Å². The molecule has 8 nitrogen and oxygen atoms in total. The molecule has 3 N–H and O–H groups in total. The normalized spacial score (nSPS) is 20.4. The highest BCUT2D eigenvalue weighted by molar-refractivity contribution is 5.47. The summed E-state index contributed by atoms with van der Waals surface area (Å²) in [7, 11) is 1.74. The number of ether oxygens (including phenoxy) is 1. The molecule has 0 spiro atoms. The second-order valence-electron chi connectivity index (χ2n) is 6.15. The highest BCUT2D eigenvalue weighted by Gasteiger charge is 2.33. The minimum Gasteiger partial charge on any atom is -0.378 e. The highest BCUT2D eigenvalue weighted by Crippen LogP contribution is 2.20. The first-order valence-electron chi connectivity index (χ1n) is 8.26. The van der Waals surface area contributed by atoms with E-state index in [0.717, 1.165) is 30.1 Å². The Morgan fingerprint density at radius 3 is 3.04 bits per heavy atom. The molecule has 2 atom stereocenters. The van der Waals surface area contributed by atoms with E-state index in [-0.39, 0.29) is 18.1 Å². The summed E-state index contributed by atoms with van der Waals surface area (Å²) in [6.45, 7) is 2.24. The predicted molar refractivity (Wildman–Crippen MR) is 95.3 cm³/mol. The summed E-state index contributed by atoms with van der Waals surface area (Å²) in [5.74, 6) is 1.11. The third kappa shape index (κ3) is 3.26. The van der Waals surface area contributed by atoms with Gasteiger partial charge in [-0.15, -0.1) is 0 Å². The molecule has 8 heteroatoms. The van der Waals surface area contributed by atoms with E-state index in [1.54, 1.807) is 13.3 Å². The number of nitrogens with two attached hydrogens (primary N) is 1. The van der Waals surface area contributed by atoms with Crippen molar-refractivity contribution >= 4 is 17.3 Å². The Bertz CT molecular complexity index is 832. The first kappa shape index (κ1) is 15.8. The molecule has 0 radical (unpaired) electrons. The second kappa shape index (κ2) is 6.66. The summed E-state index contributed by atoms with van der Waals surface area (Å²) in [6, 6.07) is 10.2. The summed E-state index contributed by atoms with van der Waals surface area (Å²) in [6.07, 6.45) is 3.71. The van der Waals surface area contributed by atoms with Gasteiger partial charge in [0.15, 0.2) is 0 Å². The Morgan fingerprint density at radius 1 is 1.32 bits per heavy atom. The van der Waals surface area contributed by atoms with E-state index in [1.807, 2.05) is 35.0 Å². The quantitative estimate of drug-likeness (QED) is 0.707. The Balaban J connectivity index is 1.44. The molecule has 3 aromatic rings. The molecule has 1 aliphatic rings. The van der Waals surface area contributed by atoms with Crippen LogP contribution in [0.1, 0.15) is 5.69 Å². The van der Waals surface area contributed by atoms with Crippen LogP contribution in [0.2, 0.25) is 0 Å². The number of nitrogen functional groups attached to an aromatic ring is 1. The van der Waals surface area contributed by atoms with E-state index in [9.17, 15) is 0 Å². The number of nitrogens with one attached hydrogen (secondary N) is 1. The van der Waals surface area contributed by atoms with Gasteiger partial charge >= 0.3 is 0 Å². The maximum Gasteiger partial charge on any atom is 0.221 e. The van der Waals surface area contributed by atoms with Gasteiger partial charge in [0.05, 0.1) is 23.4 Å². The molecule has 130 valence electrons. The maximum atomic E-state index is 5.69. The summed E-state index contributed by atoms with van der Waals surface area (Å²) in [5.41, 5.74) is 7.79. The third-order valence-electron chi connectivity index (χ3n) is 4.52. The Morgan fingerprint density at radius 2 is 2.24 bits per heavy atom. The van der Waals surface area contributed by atoms with Gasteiger partial charge < -0.3 is 20.7 Å². The molecule has 0 unspecified atom stereocenters. The standard InChI is InChI=1S/C17H21N7O/c1-25-15-11-23(16-5-6-19-17(18)21-16)10-14(15)20-9-12-8-13-4-2-3-7-24(13)22-12/h2-8,14-15,20H,9-11H2,1H3,(H2,18,19,21)/t14-,15+/m0/s1. The molecule has 25 heavy (non-hydrogen) atoms. The number of fused-ring (bicyclic) bond motifs is 1. The monoisotopic (exact) mass is 339 g/mol. The first-order chi connectivity index (χ1) is 12.2. The van der Waals surface area contributed by atoms with E-state index in [4.69, 9.17) is 10.5 Å². The van der Waals surface area contributed by atoms with E-state index in [0.29, 0.717) is 6.54 Å². The zero-order chi connectivity index (χ0) is 17.2. The third-order valence-corrected chi connectivity index (χ3v) is 4.52. The number of aromatic nitrogens is 4. The minimum absolute atomic E-state index is 0.0771. The van der Waals surface area contributed by atoms with Crippen LogP contribution in [0.15, 0.2) is 42.7 Å². The zero-order valence-electron chi connectivity index (χ0n) is 14.0. The predicted octanol–water partition coefficient (Wildman–Crippen LogP) is 0.700. The van der Waals surface area contributed by atoms with Gasteiger partial charge in [0, 0.05) is 39.1 Å². The van der Waals surface area contributed by atoms with E-state index >= 15 is 0 Å². The number of hydrogen-bond acceptors (Lipinski definition) is 7. The lowest BCUT2D eigenvalue weighted by molar-refractivity contribution is 0.0965. The molecule has 4 rings (SSSR count).